The lowest BCUT2D eigenvalue weighted by Gasteiger charge is -2.31. The van der Waals surface area contributed by atoms with Gasteiger partial charge in [0.2, 0.25) is 15.9 Å². The van der Waals surface area contributed by atoms with Gasteiger partial charge in [-0.1, -0.05) is 24.3 Å². The molecule has 0 aromatic heterocycles. The van der Waals surface area contributed by atoms with E-state index >= 15 is 0 Å². The van der Waals surface area contributed by atoms with Crippen LogP contribution in [0.3, 0.4) is 0 Å². The summed E-state index contributed by atoms with van der Waals surface area (Å²) in [6.45, 7) is 2.47. The van der Waals surface area contributed by atoms with Crippen molar-refractivity contribution in [3.63, 3.8) is 0 Å². The SMILES string of the molecule is CN1CCN(S(=O)(=O)c2ccc(NC(=O)CC3CCc4ccccc43)cc2)CC1. The van der Waals surface area contributed by atoms with Gasteiger partial charge in [-0.2, -0.15) is 4.31 Å². The standard InChI is InChI=1S/C22H27N3O3S/c1-24-12-14-25(15-13-24)29(27,28)20-10-8-19(9-11-20)23-22(26)16-18-7-6-17-4-2-3-5-21(17)18/h2-5,8-11,18H,6-7,12-16H2,1H3,(H,23,26). The van der Waals surface area contributed by atoms with Gasteiger partial charge in [0.15, 0.2) is 0 Å². The maximum Gasteiger partial charge on any atom is 0.243 e. The number of amides is 1. The first-order valence-corrected chi connectivity index (χ1v) is 11.5. The fourth-order valence-corrected chi connectivity index (χ4v) is 5.60. The molecule has 1 fully saturated rings. The van der Waals surface area contributed by atoms with E-state index in [1.54, 1.807) is 24.3 Å². The third-order valence-corrected chi connectivity index (χ3v) is 7.84. The van der Waals surface area contributed by atoms with Crippen LogP contribution in [0, 0.1) is 0 Å². The van der Waals surface area contributed by atoms with Crippen LogP contribution < -0.4 is 5.32 Å². The largest absolute Gasteiger partial charge is 0.326 e. The second-order valence-corrected chi connectivity index (χ2v) is 9.86. The van der Waals surface area contributed by atoms with Crippen LogP contribution in [0.1, 0.15) is 29.9 Å². The molecule has 154 valence electrons. The van der Waals surface area contributed by atoms with E-state index in [2.05, 4.69) is 22.3 Å². The van der Waals surface area contributed by atoms with Crippen LogP contribution >= 0.6 is 0 Å². The summed E-state index contributed by atoms with van der Waals surface area (Å²) in [7, 11) is -1.50. The summed E-state index contributed by atoms with van der Waals surface area (Å²) in [5.41, 5.74) is 3.23. The highest BCUT2D eigenvalue weighted by molar-refractivity contribution is 7.89. The highest BCUT2D eigenvalue weighted by Crippen LogP contribution is 2.35. The van der Waals surface area contributed by atoms with Crippen LogP contribution in [-0.2, 0) is 21.2 Å². The van der Waals surface area contributed by atoms with Gasteiger partial charge in [-0.05, 0) is 61.2 Å². The predicted octanol–water partition coefficient (Wildman–Crippen LogP) is 2.68. The van der Waals surface area contributed by atoms with Crippen LogP contribution in [0.25, 0.3) is 0 Å². The van der Waals surface area contributed by atoms with Gasteiger partial charge < -0.3 is 10.2 Å². The number of carbonyl (C=O) groups excluding carboxylic acids is 1. The molecule has 1 atom stereocenters. The van der Waals surface area contributed by atoms with Gasteiger partial charge in [-0.3, -0.25) is 4.79 Å². The fourth-order valence-electron chi connectivity index (χ4n) is 4.18. The third-order valence-electron chi connectivity index (χ3n) is 5.93. The minimum absolute atomic E-state index is 0.0404. The third kappa shape index (κ3) is 4.37. The van der Waals surface area contributed by atoms with Gasteiger partial charge in [0.05, 0.1) is 4.90 Å². The molecule has 2 aliphatic rings. The fraction of sp³-hybridized carbons (Fsp3) is 0.409. The van der Waals surface area contributed by atoms with Gasteiger partial charge >= 0.3 is 0 Å². The van der Waals surface area contributed by atoms with Crippen molar-refractivity contribution in [2.75, 3.05) is 38.5 Å². The average Bonchev–Trinajstić information content (AvgIpc) is 3.11. The maximum absolute atomic E-state index is 12.8. The maximum atomic E-state index is 12.8. The Bertz CT molecular complexity index is 981. The Kier molecular flexibility index (Phi) is 5.72. The van der Waals surface area contributed by atoms with Crippen LogP contribution in [0.5, 0.6) is 0 Å². The Balaban J connectivity index is 1.38. The number of nitrogens with one attached hydrogen (secondary N) is 1. The Morgan fingerprint density at radius 3 is 2.45 bits per heavy atom. The zero-order valence-corrected chi connectivity index (χ0v) is 17.5. The number of nitrogens with zero attached hydrogens (tertiary/aromatic N) is 2. The van der Waals surface area contributed by atoms with E-state index in [0.29, 0.717) is 25.2 Å². The number of hydrogen-bond donors (Lipinski definition) is 1. The first kappa shape index (κ1) is 20.1. The van der Waals surface area contributed by atoms with Crippen LogP contribution in [0.15, 0.2) is 53.4 Å². The second-order valence-electron chi connectivity index (χ2n) is 7.92. The Labute approximate surface area is 172 Å². The van der Waals surface area contributed by atoms with Gasteiger partial charge in [-0.15, -0.1) is 0 Å². The van der Waals surface area contributed by atoms with Crippen molar-refractivity contribution in [3.8, 4) is 0 Å². The normalized spacial score (nSPS) is 20.4. The molecule has 1 heterocycles. The zero-order chi connectivity index (χ0) is 20.4. The van der Waals surface area contributed by atoms with Gasteiger partial charge in [0.1, 0.15) is 0 Å². The summed E-state index contributed by atoms with van der Waals surface area (Å²) in [5.74, 6) is 0.212. The topological polar surface area (TPSA) is 69.7 Å². The number of fused-ring (bicyclic) bond motifs is 1. The minimum atomic E-state index is -3.49. The van der Waals surface area contributed by atoms with E-state index in [9.17, 15) is 13.2 Å². The monoisotopic (exact) mass is 413 g/mol. The number of hydrogen-bond acceptors (Lipinski definition) is 4. The predicted molar refractivity (Wildman–Crippen MR) is 113 cm³/mol. The molecule has 1 aliphatic carbocycles. The summed E-state index contributed by atoms with van der Waals surface area (Å²) in [6.07, 6.45) is 2.46. The molecular weight excluding hydrogens is 386 g/mol. The Morgan fingerprint density at radius 1 is 1.03 bits per heavy atom. The van der Waals surface area contributed by atoms with Crippen molar-refractivity contribution < 1.29 is 13.2 Å². The molecule has 7 heteroatoms. The molecule has 1 unspecified atom stereocenters. The number of likely N-dealkylation sites (N-methyl/N-ethyl adjacent to an activating group) is 1. The Hall–Kier alpha value is -2.22. The summed E-state index contributed by atoms with van der Waals surface area (Å²) in [5, 5.41) is 2.91. The first-order valence-electron chi connectivity index (χ1n) is 10.1. The molecule has 0 radical (unpaired) electrons. The van der Waals surface area contributed by atoms with Crippen LogP contribution in [0.4, 0.5) is 5.69 Å². The first-order chi connectivity index (χ1) is 13.9. The van der Waals surface area contributed by atoms with Gasteiger partial charge in [0, 0.05) is 38.3 Å². The van der Waals surface area contributed by atoms with Crippen LogP contribution in [-0.4, -0.2) is 56.8 Å². The number of sulfonamides is 1. The summed E-state index contributed by atoms with van der Waals surface area (Å²) in [4.78, 5) is 14.9. The number of benzene rings is 2. The van der Waals surface area contributed by atoms with E-state index in [-0.39, 0.29) is 16.7 Å². The molecule has 2 aromatic rings. The van der Waals surface area contributed by atoms with Crippen molar-refractivity contribution in [2.45, 2.75) is 30.1 Å². The molecule has 1 amide bonds. The van der Waals surface area contributed by atoms with Crippen molar-refractivity contribution in [1.29, 1.82) is 0 Å². The van der Waals surface area contributed by atoms with E-state index in [0.717, 1.165) is 25.9 Å². The lowest BCUT2D eigenvalue weighted by molar-refractivity contribution is -0.116. The molecule has 1 aliphatic heterocycles. The molecule has 0 saturated carbocycles. The van der Waals surface area contributed by atoms with Crippen molar-refractivity contribution in [1.82, 2.24) is 9.21 Å². The highest BCUT2D eigenvalue weighted by atomic mass is 32.2. The van der Waals surface area contributed by atoms with Crippen molar-refractivity contribution in [2.24, 2.45) is 0 Å². The molecule has 6 nitrogen and oxygen atoms in total. The van der Waals surface area contributed by atoms with E-state index in [1.807, 2.05) is 19.2 Å². The zero-order valence-electron chi connectivity index (χ0n) is 16.7. The Morgan fingerprint density at radius 2 is 1.72 bits per heavy atom. The molecule has 4 rings (SSSR count). The molecule has 1 saturated heterocycles. The molecular formula is C22H27N3O3S. The molecule has 0 spiro atoms. The lowest BCUT2D eigenvalue weighted by atomic mass is 9.97. The number of rotatable bonds is 5. The van der Waals surface area contributed by atoms with Crippen molar-refractivity contribution >= 4 is 21.6 Å². The average molecular weight is 414 g/mol. The van der Waals surface area contributed by atoms with Crippen LogP contribution in [0.2, 0.25) is 0 Å². The number of piperazine rings is 1. The second kappa shape index (κ2) is 8.26. The number of aryl methyl sites for hydroxylation is 1. The molecule has 1 N–H and O–H groups in total. The van der Waals surface area contributed by atoms with Gasteiger partial charge in [0.25, 0.3) is 0 Å². The van der Waals surface area contributed by atoms with E-state index in [1.165, 1.54) is 15.4 Å². The minimum Gasteiger partial charge on any atom is -0.326 e. The number of anilines is 1. The molecule has 2 aromatic carbocycles. The lowest BCUT2D eigenvalue weighted by Crippen LogP contribution is -2.46. The van der Waals surface area contributed by atoms with E-state index in [4.69, 9.17) is 0 Å². The highest BCUT2D eigenvalue weighted by Gasteiger charge is 2.27. The summed E-state index contributed by atoms with van der Waals surface area (Å²) < 4.78 is 27.1. The summed E-state index contributed by atoms with van der Waals surface area (Å²) >= 11 is 0. The quantitative estimate of drug-likeness (QED) is 0.818. The molecule has 0 bridgehead atoms. The smallest absolute Gasteiger partial charge is 0.243 e. The van der Waals surface area contributed by atoms with Gasteiger partial charge in [-0.25, -0.2) is 8.42 Å². The molecule has 29 heavy (non-hydrogen) atoms. The van der Waals surface area contributed by atoms with Crippen molar-refractivity contribution in [3.05, 3.63) is 59.7 Å². The number of carbonyl (C=O) groups is 1. The summed E-state index contributed by atoms with van der Waals surface area (Å²) in [6, 6.07) is 14.8. The van der Waals surface area contributed by atoms with E-state index < -0.39 is 10.0 Å².